The van der Waals surface area contributed by atoms with Crippen molar-refractivity contribution in [3.63, 3.8) is 0 Å². The third kappa shape index (κ3) is 5.57. The highest BCUT2D eigenvalue weighted by Crippen LogP contribution is 2.35. The molecule has 4 rings (SSSR count). The van der Waals surface area contributed by atoms with E-state index in [-0.39, 0.29) is 5.57 Å². The fraction of sp³-hybridized carbons (Fsp3) is 0.115. The highest BCUT2D eigenvalue weighted by atomic mass is 127. The first kappa shape index (κ1) is 24.9. The summed E-state index contributed by atoms with van der Waals surface area (Å²) in [6.07, 6.45) is 1.44. The van der Waals surface area contributed by atoms with Gasteiger partial charge in [-0.2, -0.15) is 0 Å². The van der Waals surface area contributed by atoms with Gasteiger partial charge in [0.1, 0.15) is 12.2 Å². The molecule has 0 bridgehead atoms. The number of halogens is 2. The van der Waals surface area contributed by atoms with Crippen LogP contribution in [0.4, 0.5) is 10.5 Å². The molecular weight excluding hydrogens is 627 g/mol. The molecule has 35 heavy (non-hydrogen) atoms. The summed E-state index contributed by atoms with van der Waals surface area (Å²) >= 11 is 5.53. The third-order valence-corrected chi connectivity index (χ3v) is 6.55. The predicted octanol–water partition coefficient (Wildman–Crippen LogP) is 5.62. The van der Waals surface area contributed by atoms with Crippen LogP contribution >= 0.6 is 38.5 Å². The SMILES string of the molecule is COc1cc(/C=C2\C(=O)NC(=O)N(c3cccc(C)c3)C2=O)cc(I)c1OCc1ccc(Br)cc1. The van der Waals surface area contributed by atoms with Gasteiger partial charge >= 0.3 is 6.03 Å². The van der Waals surface area contributed by atoms with Gasteiger partial charge in [0, 0.05) is 4.47 Å². The molecule has 178 valence electrons. The number of nitrogens with one attached hydrogen (secondary N) is 1. The minimum atomic E-state index is -0.786. The van der Waals surface area contributed by atoms with Crippen LogP contribution in [-0.2, 0) is 16.2 Å². The Morgan fingerprint density at radius 3 is 2.49 bits per heavy atom. The lowest BCUT2D eigenvalue weighted by Crippen LogP contribution is -2.54. The number of barbiturate groups is 1. The molecule has 1 fully saturated rings. The number of anilines is 1. The molecule has 1 saturated heterocycles. The van der Waals surface area contributed by atoms with Crippen molar-refractivity contribution in [1.29, 1.82) is 0 Å². The number of ether oxygens (including phenoxy) is 2. The maximum atomic E-state index is 13.2. The van der Waals surface area contributed by atoms with Gasteiger partial charge in [-0.3, -0.25) is 14.9 Å². The van der Waals surface area contributed by atoms with E-state index in [4.69, 9.17) is 9.47 Å². The summed E-state index contributed by atoms with van der Waals surface area (Å²) in [5.74, 6) is -0.451. The number of hydrogen-bond donors (Lipinski definition) is 1. The molecule has 0 atom stereocenters. The van der Waals surface area contributed by atoms with Gasteiger partial charge in [0.05, 0.1) is 16.4 Å². The van der Waals surface area contributed by atoms with E-state index < -0.39 is 17.8 Å². The molecule has 3 aromatic rings. The van der Waals surface area contributed by atoms with Crippen molar-refractivity contribution in [3.8, 4) is 11.5 Å². The number of aryl methyl sites for hydroxylation is 1. The number of rotatable bonds is 6. The molecule has 0 spiro atoms. The van der Waals surface area contributed by atoms with Crippen molar-refractivity contribution in [3.05, 3.63) is 91.0 Å². The van der Waals surface area contributed by atoms with E-state index in [2.05, 4.69) is 43.8 Å². The average molecular weight is 647 g/mol. The molecule has 0 aromatic heterocycles. The van der Waals surface area contributed by atoms with Crippen LogP contribution in [0.15, 0.2) is 70.7 Å². The van der Waals surface area contributed by atoms with E-state index >= 15 is 0 Å². The Kier molecular flexibility index (Phi) is 7.56. The molecule has 1 aliphatic heterocycles. The van der Waals surface area contributed by atoms with Crippen molar-refractivity contribution >= 4 is 68.1 Å². The van der Waals surface area contributed by atoms with Gasteiger partial charge in [0.25, 0.3) is 11.8 Å². The Balaban J connectivity index is 1.64. The number of nitrogens with zero attached hydrogens (tertiary/aromatic N) is 1. The molecule has 1 heterocycles. The van der Waals surface area contributed by atoms with Crippen LogP contribution in [0.25, 0.3) is 6.08 Å². The highest BCUT2D eigenvalue weighted by Gasteiger charge is 2.36. The number of methoxy groups -OCH3 is 1. The largest absolute Gasteiger partial charge is 0.493 e. The monoisotopic (exact) mass is 646 g/mol. The van der Waals surface area contributed by atoms with Gasteiger partial charge in [0.2, 0.25) is 0 Å². The molecule has 1 aliphatic rings. The van der Waals surface area contributed by atoms with Gasteiger partial charge in [-0.05, 0) is 88.7 Å². The summed E-state index contributed by atoms with van der Waals surface area (Å²) in [5.41, 5.74) is 2.65. The summed E-state index contributed by atoms with van der Waals surface area (Å²) < 4.78 is 13.2. The van der Waals surface area contributed by atoms with Crippen LogP contribution in [0.5, 0.6) is 11.5 Å². The molecule has 7 nitrogen and oxygen atoms in total. The zero-order chi connectivity index (χ0) is 25.1. The number of urea groups is 1. The maximum absolute atomic E-state index is 13.2. The summed E-state index contributed by atoms with van der Waals surface area (Å²) in [5, 5.41) is 2.24. The zero-order valence-electron chi connectivity index (χ0n) is 18.8. The molecule has 4 amide bonds. The first-order valence-electron chi connectivity index (χ1n) is 10.5. The second kappa shape index (κ2) is 10.6. The molecule has 0 unspecified atom stereocenters. The second-order valence-electron chi connectivity index (χ2n) is 7.75. The van der Waals surface area contributed by atoms with Crippen LogP contribution in [0, 0.1) is 10.5 Å². The second-order valence-corrected chi connectivity index (χ2v) is 9.82. The summed E-state index contributed by atoms with van der Waals surface area (Å²) in [7, 11) is 1.52. The Morgan fingerprint density at radius 1 is 1.06 bits per heavy atom. The summed E-state index contributed by atoms with van der Waals surface area (Å²) in [6, 6.07) is 17.4. The molecule has 9 heteroatoms. The Labute approximate surface area is 224 Å². The van der Waals surface area contributed by atoms with Crippen molar-refractivity contribution < 1.29 is 23.9 Å². The van der Waals surface area contributed by atoms with Gasteiger partial charge in [0.15, 0.2) is 11.5 Å². The van der Waals surface area contributed by atoms with E-state index in [1.165, 1.54) is 13.2 Å². The van der Waals surface area contributed by atoms with E-state index in [1.54, 1.807) is 30.3 Å². The summed E-state index contributed by atoms with van der Waals surface area (Å²) in [4.78, 5) is 39.1. The normalized spacial score (nSPS) is 14.8. The lowest BCUT2D eigenvalue weighted by Gasteiger charge is -2.26. The molecule has 0 saturated carbocycles. The minimum absolute atomic E-state index is 0.160. The van der Waals surface area contributed by atoms with Crippen LogP contribution in [0.2, 0.25) is 0 Å². The molecule has 1 N–H and O–H groups in total. The Hall–Kier alpha value is -3.18. The Bertz CT molecular complexity index is 1350. The molecule has 0 aliphatic carbocycles. The zero-order valence-corrected chi connectivity index (χ0v) is 22.5. The number of amides is 4. The highest BCUT2D eigenvalue weighted by molar-refractivity contribution is 14.1. The fourth-order valence-corrected chi connectivity index (χ4v) is 4.57. The first-order valence-corrected chi connectivity index (χ1v) is 12.4. The standard InChI is InChI=1S/C26H20BrIN2O5/c1-15-4-3-5-19(10-15)30-25(32)20(24(31)29-26(30)33)11-17-12-21(28)23(22(13-17)34-2)35-14-16-6-8-18(27)9-7-16/h3-13H,14H2,1-2H3,(H,29,31,33)/b20-11+. The smallest absolute Gasteiger partial charge is 0.335 e. The molecular formula is C26H20BrIN2O5. The lowest BCUT2D eigenvalue weighted by atomic mass is 10.1. The van der Waals surface area contributed by atoms with Crippen molar-refractivity contribution in [2.45, 2.75) is 13.5 Å². The van der Waals surface area contributed by atoms with Crippen LogP contribution in [-0.4, -0.2) is 25.0 Å². The van der Waals surface area contributed by atoms with E-state index in [0.717, 1.165) is 24.1 Å². The average Bonchev–Trinajstić information content (AvgIpc) is 2.82. The van der Waals surface area contributed by atoms with Crippen molar-refractivity contribution in [2.75, 3.05) is 12.0 Å². The van der Waals surface area contributed by atoms with Crippen LogP contribution in [0.1, 0.15) is 16.7 Å². The van der Waals surface area contributed by atoms with Crippen LogP contribution < -0.4 is 19.7 Å². The van der Waals surface area contributed by atoms with Gasteiger partial charge in [-0.25, -0.2) is 9.69 Å². The molecule has 0 radical (unpaired) electrons. The van der Waals surface area contributed by atoms with Crippen molar-refractivity contribution in [1.82, 2.24) is 5.32 Å². The number of carbonyl (C=O) groups is 3. The van der Waals surface area contributed by atoms with E-state index in [1.807, 2.05) is 37.3 Å². The van der Waals surface area contributed by atoms with Crippen molar-refractivity contribution in [2.24, 2.45) is 0 Å². The molecule has 3 aromatic carbocycles. The first-order chi connectivity index (χ1) is 16.8. The number of imide groups is 2. The van der Waals surface area contributed by atoms with E-state index in [9.17, 15) is 14.4 Å². The number of carbonyl (C=O) groups excluding carboxylic acids is 3. The van der Waals surface area contributed by atoms with E-state index in [0.29, 0.717) is 29.4 Å². The van der Waals surface area contributed by atoms with Gasteiger partial charge < -0.3 is 9.47 Å². The van der Waals surface area contributed by atoms with Crippen LogP contribution in [0.3, 0.4) is 0 Å². The minimum Gasteiger partial charge on any atom is -0.493 e. The third-order valence-electron chi connectivity index (χ3n) is 5.22. The topological polar surface area (TPSA) is 84.9 Å². The lowest BCUT2D eigenvalue weighted by molar-refractivity contribution is -0.122. The Morgan fingerprint density at radius 2 is 1.80 bits per heavy atom. The quantitative estimate of drug-likeness (QED) is 0.214. The maximum Gasteiger partial charge on any atom is 0.335 e. The number of hydrogen-bond acceptors (Lipinski definition) is 5. The summed E-state index contributed by atoms with van der Waals surface area (Å²) in [6.45, 7) is 2.20. The van der Waals surface area contributed by atoms with Gasteiger partial charge in [-0.1, -0.05) is 40.2 Å². The number of benzene rings is 3. The predicted molar refractivity (Wildman–Crippen MR) is 144 cm³/mol. The van der Waals surface area contributed by atoms with Gasteiger partial charge in [-0.15, -0.1) is 0 Å². The fourth-order valence-electron chi connectivity index (χ4n) is 3.52.